The van der Waals surface area contributed by atoms with Gasteiger partial charge in [0.15, 0.2) is 5.82 Å². The Hall–Kier alpha value is -1.95. The number of nitrogens with one attached hydrogen (secondary N) is 2. The molecule has 1 aliphatic heterocycles. The Kier molecular flexibility index (Phi) is 3.41. The first kappa shape index (κ1) is 12.1. The molecule has 0 spiro atoms. The second kappa shape index (κ2) is 5.36. The van der Waals surface area contributed by atoms with Crippen LogP contribution in [0, 0.1) is 0 Å². The zero-order valence-electron chi connectivity index (χ0n) is 11.0. The molecule has 0 aromatic carbocycles. The average molecular weight is 258 g/mol. The van der Waals surface area contributed by atoms with Gasteiger partial charge in [-0.05, 0) is 32.0 Å². The number of aromatic amines is 1. The van der Waals surface area contributed by atoms with Gasteiger partial charge in [-0.25, -0.2) is 0 Å². The van der Waals surface area contributed by atoms with Crippen LogP contribution in [0.25, 0.3) is 11.5 Å². The van der Waals surface area contributed by atoms with Crippen LogP contribution < -0.4 is 10.2 Å². The first-order valence-corrected chi connectivity index (χ1v) is 6.63. The number of rotatable bonds is 3. The van der Waals surface area contributed by atoms with Crippen molar-refractivity contribution >= 4 is 5.95 Å². The zero-order chi connectivity index (χ0) is 13.1. The summed E-state index contributed by atoms with van der Waals surface area (Å²) < 4.78 is 0. The van der Waals surface area contributed by atoms with Crippen LogP contribution in [0.3, 0.4) is 0 Å². The van der Waals surface area contributed by atoms with Gasteiger partial charge in [0.1, 0.15) is 5.69 Å². The van der Waals surface area contributed by atoms with Gasteiger partial charge in [-0.3, -0.25) is 10.1 Å². The van der Waals surface area contributed by atoms with E-state index in [1.54, 1.807) is 6.20 Å². The summed E-state index contributed by atoms with van der Waals surface area (Å²) in [4.78, 5) is 11.0. The smallest absolute Gasteiger partial charge is 0.245 e. The quantitative estimate of drug-likeness (QED) is 0.861. The molecule has 0 aliphatic carbocycles. The largest absolute Gasteiger partial charge is 0.339 e. The molecule has 100 valence electrons. The number of hydrogen-bond donors (Lipinski definition) is 2. The Morgan fingerprint density at radius 2 is 2.16 bits per heavy atom. The second-order valence-corrected chi connectivity index (χ2v) is 4.75. The molecule has 0 radical (unpaired) electrons. The Labute approximate surface area is 112 Å². The Morgan fingerprint density at radius 1 is 1.32 bits per heavy atom. The number of piperidine rings is 1. The summed E-state index contributed by atoms with van der Waals surface area (Å²) in [5.74, 6) is 1.50. The predicted molar refractivity (Wildman–Crippen MR) is 73.9 cm³/mol. The van der Waals surface area contributed by atoms with Crippen LogP contribution in [0.2, 0.25) is 0 Å². The molecule has 0 atom stereocenters. The molecule has 1 saturated heterocycles. The molecule has 1 fully saturated rings. The topological polar surface area (TPSA) is 69.7 Å². The van der Waals surface area contributed by atoms with Crippen LogP contribution in [0.4, 0.5) is 5.95 Å². The van der Waals surface area contributed by atoms with E-state index in [0.29, 0.717) is 6.04 Å². The lowest BCUT2D eigenvalue weighted by atomic mass is 10.1. The van der Waals surface area contributed by atoms with Crippen LogP contribution in [-0.2, 0) is 0 Å². The minimum absolute atomic E-state index is 0.616. The maximum Gasteiger partial charge on any atom is 0.245 e. The molecule has 0 amide bonds. The van der Waals surface area contributed by atoms with Gasteiger partial charge >= 0.3 is 0 Å². The number of hydrogen-bond acceptors (Lipinski definition) is 5. The van der Waals surface area contributed by atoms with Crippen molar-refractivity contribution in [3.05, 3.63) is 24.4 Å². The molecular weight excluding hydrogens is 240 g/mol. The number of nitrogens with zero attached hydrogens (tertiary/aromatic N) is 4. The summed E-state index contributed by atoms with van der Waals surface area (Å²) in [6, 6.07) is 6.38. The molecule has 1 aliphatic rings. The van der Waals surface area contributed by atoms with Crippen molar-refractivity contribution < 1.29 is 0 Å². The Morgan fingerprint density at radius 3 is 2.84 bits per heavy atom. The van der Waals surface area contributed by atoms with Crippen LogP contribution in [0.5, 0.6) is 0 Å². The summed E-state index contributed by atoms with van der Waals surface area (Å²) in [6.07, 6.45) is 4.02. The molecule has 3 heterocycles. The third-order valence-electron chi connectivity index (χ3n) is 3.57. The van der Waals surface area contributed by atoms with Crippen molar-refractivity contribution in [1.29, 1.82) is 0 Å². The average Bonchev–Trinajstić information content (AvgIpc) is 2.98. The van der Waals surface area contributed by atoms with Gasteiger partial charge in [-0.2, -0.15) is 4.98 Å². The van der Waals surface area contributed by atoms with E-state index < -0.39 is 0 Å². The van der Waals surface area contributed by atoms with Crippen molar-refractivity contribution in [1.82, 2.24) is 25.5 Å². The molecule has 6 nitrogen and oxygen atoms in total. The fraction of sp³-hybridized carbons (Fsp3) is 0.462. The van der Waals surface area contributed by atoms with E-state index in [-0.39, 0.29) is 0 Å². The highest BCUT2D eigenvalue weighted by Gasteiger charge is 2.20. The fourth-order valence-electron chi connectivity index (χ4n) is 2.38. The van der Waals surface area contributed by atoms with E-state index in [2.05, 4.69) is 30.4 Å². The van der Waals surface area contributed by atoms with Crippen molar-refractivity contribution in [3.8, 4) is 11.5 Å². The maximum absolute atomic E-state index is 4.53. The normalized spacial score (nSPS) is 16.8. The minimum atomic E-state index is 0.616. The standard InChI is InChI=1S/C13H18N6/c1-14-10-5-8-19(9-6-10)13-16-12(17-18-13)11-4-2-3-7-15-11/h2-4,7,10,14H,5-6,8-9H2,1H3,(H,16,17,18). The number of aromatic nitrogens is 4. The molecule has 0 bridgehead atoms. The third-order valence-corrected chi connectivity index (χ3v) is 3.57. The third kappa shape index (κ3) is 2.58. The van der Waals surface area contributed by atoms with E-state index in [4.69, 9.17) is 0 Å². The lowest BCUT2D eigenvalue weighted by Crippen LogP contribution is -2.41. The summed E-state index contributed by atoms with van der Waals surface area (Å²) >= 11 is 0. The fourth-order valence-corrected chi connectivity index (χ4v) is 2.38. The van der Waals surface area contributed by atoms with Gasteiger partial charge in [-0.15, -0.1) is 5.10 Å². The van der Waals surface area contributed by atoms with E-state index in [1.165, 1.54) is 0 Å². The van der Waals surface area contributed by atoms with Gasteiger partial charge in [0, 0.05) is 25.3 Å². The molecule has 0 unspecified atom stereocenters. The van der Waals surface area contributed by atoms with Crippen molar-refractivity contribution in [2.75, 3.05) is 25.0 Å². The molecule has 19 heavy (non-hydrogen) atoms. The van der Waals surface area contributed by atoms with Crippen LogP contribution in [0.1, 0.15) is 12.8 Å². The second-order valence-electron chi connectivity index (χ2n) is 4.75. The Bertz CT molecular complexity index is 515. The highest BCUT2D eigenvalue weighted by Crippen LogP contribution is 2.18. The van der Waals surface area contributed by atoms with Gasteiger partial charge in [0.25, 0.3) is 0 Å². The van der Waals surface area contributed by atoms with Crippen LogP contribution in [-0.4, -0.2) is 46.3 Å². The number of anilines is 1. The zero-order valence-corrected chi connectivity index (χ0v) is 11.0. The van der Waals surface area contributed by atoms with Gasteiger partial charge in [0.05, 0.1) is 0 Å². The molecule has 3 rings (SSSR count). The van der Waals surface area contributed by atoms with Crippen molar-refractivity contribution in [3.63, 3.8) is 0 Å². The number of H-pyrrole nitrogens is 1. The lowest BCUT2D eigenvalue weighted by molar-refractivity contribution is 0.439. The monoisotopic (exact) mass is 258 g/mol. The lowest BCUT2D eigenvalue weighted by Gasteiger charge is -2.30. The predicted octanol–water partition coefficient (Wildman–Crippen LogP) is 1.05. The maximum atomic E-state index is 4.53. The van der Waals surface area contributed by atoms with Gasteiger partial charge in [0.2, 0.25) is 5.95 Å². The van der Waals surface area contributed by atoms with E-state index in [1.807, 2.05) is 25.2 Å². The number of pyridine rings is 1. The highest BCUT2D eigenvalue weighted by atomic mass is 15.4. The Balaban J connectivity index is 1.72. The molecular formula is C13H18N6. The van der Waals surface area contributed by atoms with Crippen molar-refractivity contribution in [2.24, 2.45) is 0 Å². The summed E-state index contributed by atoms with van der Waals surface area (Å²) in [5, 5.41) is 10.6. The van der Waals surface area contributed by atoms with E-state index in [0.717, 1.165) is 43.4 Å². The highest BCUT2D eigenvalue weighted by molar-refractivity contribution is 5.50. The SMILES string of the molecule is CNC1CCN(c2n[nH]c(-c3ccccn3)n2)CC1. The summed E-state index contributed by atoms with van der Waals surface area (Å²) in [6.45, 7) is 1.98. The summed E-state index contributed by atoms with van der Waals surface area (Å²) in [5.41, 5.74) is 0.825. The molecule has 6 heteroatoms. The molecule has 2 aromatic rings. The molecule has 0 saturated carbocycles. The van der Waals surface area contributed by atoms with Crippen molar-refractivity contribution in [2.45, 2.75) is 18.9 Å². The van der Waals surface area contributed by atoms with E-state index in [9.17, 15) is 0 Å². The van der Waals surface area contributed by atoms with Gasteiger partial charge in [-0.1, -0.05) is 6.07 Å². The molecule has 2 N–H and O–H groups in total. The van der Waals surface area contributed by atoms with Crippen LogP contribution in [0.15, 0.2) is 24.4 Å². The van der Waals surface area contributed by atoms with E-state index >= 15 is 0 Å². The first-order chi connectivity index (χ1) is 9.36. The molecule has 2 aromatic heterocycles. The van der Waals surface area contributed by atoms with Gasteiger partial charge < -0.3 is 10.2 Å². The first-order valence-electron chi connectivity index (χ1n) is 6.63. The summed E-state index contributed by atoms with van der Waals surface area (Å²) in [7, 11) is 2.02. The minimum Gasteiger partial charge on any atom is -0.339 e. The van der Waals surface area contributed by atoms with Crippen LogP contribution >= 0.6 is 0 Å².